The normalized spacial score (nSPS) is 13.5. The zero-order valence-corrected chi connectivity index (χ0v) is 27.6. The number of ether oxygens (including phenoxy) is 3. The van der Waals surface area contributed by atoms with Crippen LogP contribution in [0.2, 0.25) is 0 Å². The maximum atomic E-state index is 13.5. The van der Waals surface area contributed by atoms with E-state index in [1.54, 1.807) is 30.1 Å². The summed E-state index contributed by atoms with van der Waals surface area (Å²) in [6.07, 6.45) is 3.62. The number of carbonyl (C=O) groups is 3. The Labute approximate surface area is 279 Å². The molecule has 0 saturated carbocycles. The molecule has 256 valence electrons. The number of carbonyl (C=O) groups excluding carboxylic acids is 3. The molecule has 0 atom stereocenters. The molecule has 48 heavy (non-hydrogen) atoms. The van der Waals surface area contributed by atoms with Crippen molar-refractivity contribution >= 4 is 34.8 Å². The number of rotatable bonds is 17. The molecule has 0 unspecified atom stereocenters. The number of nitrogens with one attached hydrogen (secondary N) is 2. The van der Waals surface area contributed by atoms with Crippen molar-refractivity contribution in [2.75, 3.05) is 57.9 Å². The second-order valence-corrected chi connectivity index (χ2v) is 11.6. The molecule has 1 aliphatic rings. The van der Waals surface area contributed by atoms with Crippen molar-refractivity contribution < 1.29 is 28.6 Å². The molecule has 2 amide bonds. The summed E-state index contributed by atoms with van der Waals surface area (Å²) in [5.41, 5.74) is 9.07. The lowest BCUT2D eigenvalue weighted by Crippen LogP contribution is -2.37. The van der Waals surface area contributed by atoms with Crippen LogP contribution in [0.25, 0.3) is 11.0 Å². The van der Waals surface area contributed by atoms with Gasteiger partial charge < -0.3 is 29.8 Å². The molecular formula is C34H44N8O6. The standard InChI is InChI=1S/C34H44N8O6/c1-3-27-26(22-40(2)39-27)33(45)38-34-37-28-19-25(32(35)44)20-29(47-16-8-12-41-14-17-46-18-15-41)31(28)42(34)13-7-11-36-21-30(43)48-23-24-9-5-4-6-10-24/h4-6,9-10,19-20,22,36H,3,7-8,11-18,21,23H2,1-2H3,(H2,35,44)(H,37,38,45). The summed E-state index contributed by atoms with van der Waals surface area (Å²) in [5, 5.41) is 10.5. The number of hydrogen-bond donors (Lipinski definition) is 3. The lowest BCUT2D eigenvalue weighted by atomic mass is 10.1. The second kappa shape index (κ2) is 16.9. The molecule has 0 spiro atoms. The number of morpholine rings is 1. The van der Waals surface area contributed by atoms with Crippen LogP contribution in [0, 0.1) is 0 Å². The van der Waals surface area contributed by atoms with Crippen molar-refractivity contribution in [2.45, 2.75) is 39.3 Å². The zero-order chi connectivity index (χ0) is 33.9. The van der Waals surface area contributed by atoms with E-state index in [0.717, 1.165) is 44.8 Å². The minimum Gasteiger partial charge on any atom is -0.491 e. The molecule has 1 saturated heterocycles. The largest absolute Gasteiger partial charge is 0.491 e. The van der Waals surface area contributed by atoms with Crippen molar-refractivity contribution in [3.05, 3.63) is 71.0 Å². The molecule has 3 heterocycles. The highest BCUT2D eigenvalue weighted by Crippen LogP contribution is 2.31. The van der Waals surface area contributed by atoms with Crippen LogP contribution in [0.3, 0.4) is 0 Å². The van der Waals surface area contributed by atoms with Gasteiger partial charge in [0, 0.05) is 45.0 Å². The molecule has 14 heteroatoms. The number of aromatic nitrogens is 4. The summed E-state index contributed by atoms with van der Waals surface area (Å²) >= 11 is 0. The maximum absolute atomic E-state index is 13.5. The molecule has 4 aromatic rings. The molecule has 4 N–H and O–H groups in total. The van der Waals surface area contributed by atoms with Crippen LogP contribution in [-0.2, 0) is 40.9 Å². The molecule has 1 fully saturated rings. The first-order valence-electron chi connectivity index (χ1n) is 16.3. The highest BCUT2D eigenvalue weighted by Gasteiger charge is 2.22. The van der Waals surface area contributed by atoms with E-state index in [9.17, 15) is 14.4 Å². The van der Waals surface area contributed by atoms with Crippen LogP contribution < -0.4 is 21.1 Å². The van der Waals surface area contributed by atoms with E-state index in [2.05, 4.69) is 20.6 Å². The predicted octanol–water partition coefficient (Wildman–Crippen LogP) is 2.51. The monoisotopic (exact) mass is 660 g/mol. The average Bonchev–Trinajstić information content (AvgIpc) is 3.65. The van der Waals surface area contributed by atoms with Gasteiger partial charge in [0.2, 0.25) is 11.9 Å². The van der Waals surface area contributed by atoms with Crippen LogP contribution in [0.1, 0.15) is 51.7 Å². The second-order valence-electron chi connectivity index (χ2n) is 11.6. The molecular weight excluding hydrogens is 616 g/mol. The molecule has 0 bridgehead atoms. The Morgan fingerprint density at radius 1 is 1.06 bits per heavy atom. The first-order chi connectivity index (χ1) is 23.3. The van der Waals surface area contributed by atoms with Crippen LogP contribution in [0.4, 0.5) is 5.95 Å². The molecule has 5 rings (SSSR count). The number of anilines is 1. The fourth-order valence-corrected chi connectivity index (χ4v) is 5.59. The topological polar surface area (TPSA) is 168 Å². The van der Waals surface area contributed by atoms with Gasteiger partial charge in [-0.3, -0.25) is 29.3 Å². The average molecular weight is 661 g/mol. The Morgan fingerprint density at radius 2 is 1.85 bits per heavy atom. The van der Waals surface area contributed by atoms with Gasteiger partial charge in [-0.25, -0.2) is 4.98 Å². The predicted molar refractivity (Wildman–Crippen MR) is 180 cm³/mol. The van der Waals surface area contributed by atoms with Crippen molar-refractivity contribution in [2.24, 2.45) is 12.8 Å². The number of nitrogens with two attached hydrogens (primary N) is 1. The van der Waals surface area contributed by atoms with E-state index >= 15 is 0 Å². The third-order valence-electron chi connectivity index (χ3n) is 8.03. The Morgan fingerprint density at radius 3 is 2.60 bits per heavy atom. The number of fused-ring (bicyclic) bond motifs is 1. The fraction of sp³-hybridized carbons (Fsp3) is 0.441. The Hall–Kier alpha value is -4.79. The number of imidazole rings is 1. The van der Waals surface area contributed by atoms with E-state index in [0.29, 0.717) is 66.5 Å². The highest BCUT2D eigenvalue weighted by molar-refractivity contribution is 6.05. The van der Waals surface area contributed by atoms with Gasteiger partial charge in [-0.1, -0.05) is 37.3 Å². The molecule has 1 aliphatic heterocycles. The molecule has 0 aliphatic carbocycles. The maximum Gasteiger partial charge on any atom is 0.320 e. The lowest BCUT2D eigenvalue weighted by molar-refractivity contribution is -0.143. The summed E-state index contributed by atoms with van der Waals surface area (Å²) in [7, 11) is 1.77. The van der Waals surface area contributed by atoms with Gasteiger partial charge in [-0.05, 0) is 43.5 Å². The highest BCUT2D eigenvalue weighted by atomic mass is 16.5. The van der Waals surface area contributed by atoms with Crippen molar-refractivity contribution in [3.8, 4) is 5.75 Å². The minimum atomic E-state index is -0.610. The Kier molecular flexibility index (Phi) is 12.1. The molecule has 14 nitrogen and oxygen atoms in total. The first-order valence-corrected chi connectivity index (χ1v) is 16.3. The van der Waals surface area contributed by atoms with Gasteiger partial charge in [0.15, 0.2) is 0 Å². The van der Waals surface area contributed by atoms with Gasteiger partial charge in [0.25, 0.3) is 5.91 Å². The van der Waals surface area contributed by atoms with Crippen LogP contribution in [0.5, 0.6) is 5.75 Å². The third-order valence-corrected chi connectivity index (χ3v) is 8.03. The summed E-state index contributed by atoms with van der Waals surface area (Å²) < 4.78 is 20.6. The quantitative estimate of drug-likeness (QED) is 0.113. The smallest absolute Gasteiger partial charge is 0.320 e. The van der Waals surface area contributed by atoms with Crippen LogP contribution in [-0.4, -0.2) is 94.6 Å². The van der Waals surface area contributed by atoms with Crippen molar-refractivity contribution in [3.63, 3.8) is 0 Å². The fourth-order valence-electron chi connectivity index (χ4n) is 5.59. The van der Waals surface area contributed by atoms with Crippen LogP contribution in [0.15, 0.2) is 48.7 Å². The number of esters is 1. The Bertz CT molecular complexity index is 1700. The molecule has 0 radical (unpaired) electrons. The number of primary amides is 1. The zero-order valence-electron chi connectivity index (χ0n) is 27.6. The Balaban J connectivity index is 1.32. The van der Waals surface area contributed by atoms with Gasteiger partial charge in [0.05, 0.1) is 43.1 Å². The third kappa shape index (κ3) is 9.18. The van der Waals surface area contributed by atoms with E-state index in [-0.39, 0.29) is 30.6 Å². The van der Waals surface area contributed by atoms with E-state index in [1.165, 1.54) is 0 Å². The van der Waals surface area contributed by atoms with Crippen molar-refractivity contribution in [1.82, 2.24) is 29.5 Å². The van der Waals surface area contributed by atoms with Gasteiger partial charge in [-0.15, -0.1) is 0 Å². The van der Waals surface area contributed by atoms with Crippen LogP contribution >= 0.6 is 0 Å². The number of benzene rings is 2. The molecule has 2 aromatic heterocycles. The number of amides is 2. The SMILES string of the molecule is CCc1nn(C)cc1C(=O)Nc1nc2cc(C(N)=O)cc(OCCCN3CCOCC3)c2n1CCCNCC(=O)OCc1ccccc1. The number of nitrogens with zero attached hydrogens (tertiary/aromatic N) is 5. The van der Waals surface area contributed by atoms with Crippen molar-refractivity contribution in [1.29, 1.82) is 0 Å². The summed E-state index contributed by atoms with van der Waals surface area (Å²) in [6, 6.07) is 12.7. The summed E-state index contributed by atoms with van der Waals surface area (Å²) in [4.78, 5) is 45.1. The lowest BCUT2D eigenvalue weighted by Gasteiger charge is -2.26. The van der Waals surface area contributed by atoms with E-state index < -0.39 is 5.91 Å². The first kappa shape index (κ1) is 34.5. The van der Waals surface area contributed by atoms with Gasteiger partial charge in [-0.2, -0.15) is 5.10 Å². The van der Waals surface area contributed by atoms with E-state index in [1.807, 2.05) is 41.8 Å². The molecule has 2 aromatic carbocycles. The number of hydrogen-bond acceptors (Lipinski definition) is 10. The van der Waals surface area contributed by atoms with Gasteiger partial charge >= 0.3 is 5.97 Å². The van der Waals surface area contributed by atoms with Gasteiger partial charge in [0.1, 0.15) is 17.9 Å². The summed E-state index contributed by atoms with van der Waals surface area (Å²) in [5.74, 6) is -0.567. The number of aryl methyl sites for hydroxylation is 3. The van der Waals surface area contributed by atoms with E-state index in [4.69, 9.17) is 24.9 Å². The summed E-state index contributed by atoms with van der Waals surface area (Å²) in [6.45, 7) is 7.59. The minimum absolute atomic E-state index is 0.0569.